The van der Waals surface area contributed by atoms with Gasteiger partial charge in [-0.3, -0.25) is 9.97 Å². The molecule has 0 spiro atoms. The van der Waals surface area contributed by atoms with Crippen LogP contribution in [0.15, 0.2) is 72.1 Å². The first-order valence-corrected chi connectivity index (χ1v) is 11.4. The Morgan fingerprint density at radius 2 is 1.61 bits per heavy atom. The van der Waals surface area contributed by atoms with E-state index in [1.807, 2.05) is 36.4 Å². The van der Waals surface area contributed by atoms with Crippen LogP contribution in [0, 0.1) is 0 Å². The molecule has 4 rings (SSSR count). The Hall–Kier alpha value is -3.36. The van der Waals surface area contributed by atoms with Crippen LogP contribution in [0.25, 0.3) is 33.2 Å². The fourth-order valence-electron chi connectivity index (χ4n) is 3.63. The summed E-state index contributed by atoms with van der Waals surface area (Å²) in [7, 11) is -3.73. The number of nitrogens with zero attached hydrogens (tertiary/aromatic N) is 4. The zero-order chi connectivity index (χ0) is 22.0. The first kappa shape index (κ1) is 20.9. The van der Waals surface area contributed by atoms with Crippen molar-refractivity contribution in [3.63, 3.8) is 0 Å². The number of nitrogens with two attached hydrogens (primary N) is 1. The van der Waals surface area contributed by atoms with E-state index >= 15 is 0 Å². The van der Waals surface area contributed by atoms with Crippen molar-refractivity contribution in [2.24, 2.45) is 0 Å². The number of fused-ring (bicyclic) bond motifs is 1. The van der Waals surface area contributed by atoms with Gasteiger partial charge in [0.25, 0.3) is 0 Å². The first-order chi connectivity index (χ1) is 15.0. The Morgan fingerprint density at radius 3 is 2.32 bits per heavy atom. The van der Waals surface area contributed by atoms with Gasteiger partial charge < -0.3 is 5.73 Å². The number of rotatable bonds is 6. The molecule has 2 N–H and O–H groups in total. The monoisotopic (exact) mass is 433 g/mol. The van der Waals surface area contributed by atoms with Gasteiger partial charge in [-0.1, -0.05) is 19.9 Å². The van der Waals surface area contributed by atoms with Crippen LogP contribution in [0.2, 0.25) is 0 Å². The standard InChI is InChI=1S/C23H23N5O2S/c1-3-28(4-2)31(29,30)22-14-18(15-27-23(22)24)17-5-6-21-20(13-17)19(9-12-26-21)16-7-10-25-11-8-16/h5-15H,3-4H2,1-2H3,(H2,24,27). The molecule has 3 aromatic heterocycles. The molecular formula is C23H23N5O2S. The summed E-state index contributed by atoms with van der Waals surface area (Å²) in [6.45, 7) is 4.32. The summed E-state index contributed by atoms with van der Waals surface area (Å²) in [6, 6.07) is 13.3. The van der Waals surface area contributed by atoms with Crippen molar-refractivity contribution in [2.75, 3.05) is 18.8 Å². The van der Waals surface area contributed by atoms with Gasteiger partial charge in [0, 0.05) is 48.8 Å². The number of hydrogen-bond acceptors (Lipinski definition) is 6. The Bertz CT molecular complexity index is 1340. The van der Waals surface area contributed by atoms with Crippen molar-refractivity contribution in [2.45, 2.75) is 18.7 Å². The molecule has 0 unspecified atom stereocenters. The second-order valence-corrected chi connectivity index (χ2v) is 8.93. The van der Waals surface area contributed by atoms with E-state index in [1.54, 1.807) is 44.7 Å². The highest BCUT2D eigenvalue weighted by Gasteiger charge is 2.25. The normalized spacial score (nSPS) is 11.8. The highest BCUT2D eigenvalue weighted by molar-refractivity contribution is 7.89. The van der Waals surface area contributed by atoms with E-state index in [9.17, 15) is 8.42 Å². The minimum atomic E-state index is -3.73. The largest absolute Gasteiger partial charge is 0.383 e. The third kappa shape index (κ3) is 3.87. The number of sulfonamides is 1. The van der Waals surface area contributed by atoms with Crippen LogP contribution in [0.4, 0.5) is 5.82 Å². The molecule has 0 aliphatic rings. The van der Waals surface area contributed by atoms with Gasteiger partial charge in [-0.25, -0.2) is 13.4 Å². The molecular weight excluding hydrogens is 410 g/mol. The SMILES string of the molecule is CCN(CC)S(=O)(=O)c1cc(-c2ccc3nccc(-c4ccncc4)c3c2)cnc1N. The molecule has 158 valence electrons. The molecule has 0 bridgehead atoms. The Balaban J connectivity index is 1.87. The van der Waals surface area contributed by atoms with Gasteiger partial charge in [0.05, 0.1) is 5.52 Å². The molecule has 0 aliphatic carbocycles. The average molecular weight is 434 g/mol. The van der Waals surface area contributed by atoms with Crippen LogP contribution in [0.1, 0.15) is 13.8 Å². The molecule has 0 saturated carbocycles. The number of pyridine rings is 3. The molecule has 0 atom stereocenters. The second kappa shape index (κ2) is 8.41. The molecule has 0 amide bonds. The molecule has 0 saturated heterocycles. The van der Waals surface area contributed by atoms with Gasteiger partial charge in [-0.05, 0) is 53.1 Å². The maximum absolute atomic E-state index is 13.0. The van der Waals surface area contributed by atoms with Gasteiger partial charge in [0.2, 0.25) is 10.0 Å². The van der Waals surface area contributed by atoms with Crippen LogP contribution in [-0.4, -0.2) is 40.8 Å². The zero-order valence-electron chi connectivity index (χ0n) is 17.4. The van der Waals surface area contributed by atoms with Gasteiger partial charge in [-0.15, -0.1) is 0 Å². The van der Waals surface area contributed by atoms with E-state index in [0.717, 1.165) is 27.6 Å². The van der Waals surface area contributed by atoms with E-state index in [0.29, 0.717) is 18.7 Å². The molecule has 0 aliphatic heterocycles. The van der Waals surface area contributed by atoms with Crippen LogP contribution >= 0.6 is 0 Å². The van der Waals surface area contributed by atoms with Crippen molar-refractivity contribution in [3.05, 3.63) is 67.3 Å². The highest BCUT2D eigenvalue weighted by Crippen LogP contribution is 2.32. The van der Waals surface area contributed by atoms with E-state index in [4.69, 9.17) is 5.73 Å². The van der Waals surface area contributed by atoms with E-state index in [1.165, 1.54) is 4.31 Å². The topological polar surface area (TPSA) is 102 Å². The molecule has 3 heterocycles. The lowest BCUT2D eigenvalue weighted by atomic mass is 9.98. The van der Waals surface area contributed by atoms with Crippen molar-refractivity contribution in [3.8, 4) is 22.3 Å². The molecule has 4 aromatic rings. The fraction of sp³-hybridized carbons (Fsp3) is 0.174. The van der Waals surface area contributed by atoms with Crippen molar-refractivity contribution >= 4 is 26.7 Å². The van der Waals surface area contributed by atoms with Crippen LogP contribution < -0.4 is 5.73 Å². The highest BCUT2D eigenvalue weighted by atomic mass is 32.2. The van der Waals surface area contributed by atoms with Crippen molar-refractivity contribution in [1.29, 1.82) is 0 Å². The van der Waals surface area contributed by atoms with Gasteiger partial charge in [0.15, 0.2) is 0 Å². The number of aromatic nitrogens is 3. The second-order valence-electron chi connectivity index (χ2n) is 7.02. The summed E-state index contributed by atoms with van der Waals surface area (Å²) in [5, 5.41) is 0.955. The van der Waals surface area contributed by atoms with Crippen molar-refractivity contribution in [1.82, 2.24) is 19.3 Å². The van der Waals surface area contributed by atoms with E-state index < -0.39 is 10.0 Å². The molecule has 8 heteroatoms. The predicted molar refractivity (Wildman–Crippen MR) is 123 cm³/mol. The Morgan fingerprint density at radius 1 is 0.871 bits per heavy atom. The molecule has 0 fully saturated rings. The third-order valence-corrected chi connectivity index (χ3v) is 7.35. The number of benzene rings is 1. The van der Waals surface area contributed by atoms with Gasteiger partial charge in [-0.2, -0.15) is 4.31 Å². The predicted octanol–water partition coefficient (Wildman–Crippen LogP) is 3.97. The van der Waals surface area contributed by atoms with Crippen LogP contribution in [0.3, 0.4) is 0 Å². The number of nitrogen functional groups attached to an aromatic ring is 1. The number of hydrogen-bond donors (Lipinski definition) is 1. The molecule has 0 radical (unpaired) electrons. The Kier molecular flexibility index (Phi) is 5.67. The summed E-state index contributed by atoms with van der Waals surface area (Å²) in [6.07, 6.45) is 6.87. The van der Waals surface area contributed by atoms with Gasteiger partial charge in [0.1, 0.15) is 10.7 Å². The zero-order valence-corrected chi connectivity index (χ0v) is 18.2. The summed E-state index contributed by atoms with van der Waals surface area (Å²) >= 11 is 0. The summed E-state index contributed by atoms with van der Waals surface area (Å²) in [5.41, 5.74) is 10.4. The lowest BCUT2D eigenvalue weighted by Gasteiger charge is -2.19. The lowest BCUT2D eigenvalue weighted by molar-refractivity contribution is 0.445. The van der Waals surface area contributed by atoms with Crippen LogP contribution in [0.5, 0.6) is 0 Å². The minimum absolute atomic E-state index is 0.00409. The summed E-state index contributed by atoms with van der Waals surface area (Å²) < 4.78 is 27.5. The lowest BCUT2D eigenvalue weighted by Crippen LogP contribution is -2.31. The maximum atomic E-state index is 13.0. The number of anilines is 1. The van der Waals surface area contributed by atoms with E-state index in [-0.39, 0.29) is 10.7 Å². The minimum Gasteiger partial charge on any atom is -0.383 e. The van der Waals surface area contributed by atoms with E-state index in [2.05, 4.69) is 15.0 Å². The summed E-state index contributed by atoms with van der Waals surface area (Å²) in [4.78, 5) is 12.8. The first-order valence-electron chi connectivity index (χ1n) is 10.0. The van der Waals surface area contributed by atoms with Crippen LogP contribution in [-0.2, 0) is 10.0 Å². The quantitative estimate of drug-likeness (QED) is 0.494. The maximum Gasteiger partial charge on any atom is 0.246 e. The molecule has 7 nitrogen and oxygen atoms in total. The smallest absolute Gasteiger partial charge is 0.246 e. The summed E-state index contributed by atoms with van der Waals surface area (Å²) in [5.74, 6) is -0.00409. The fourth-order valence-corrected chi connectivity index (χ4v) is 5.18. The van der Waals surface area contributed by atoms with Gasteiger partial charge >= 0.3 is 0 Å². The average Bonchev–Trinajstić information content (AvgIpc) is 2.79. The van der Waals surface area contributed by atoms with Crippen molar-refractivity contribution < 1.29 is 8.42 Å². The third-order valence-electron chi connectivity index (χ3n) is 5.27. The molecule has 31 heavy (non-hydrogen) atoms. The molecule has 1 aromatic carbocycles. The Labute approximate surface area is 181 Å².